The Hall–Kier alpha value is -1.62. The van der Waals surface area contributed by atoms with E-state index < -0.39 is 0 Å². The summed E-state index contributed by atoms with van der Waals surface area (Å²) in [4.78, 5) is 7.05. The van der Waals surface area contributed by atoms with E-state index in [2.05, 4.69) is 21.3 Å². The standard InChI is InChI=1S/C20H24ClN3O/c21-16-4-1-7-18(11-16)25-19-10-15(12-22-13-19)20-14-24(9-3-8-23-20)17-5-2-6-17/h1,4,7,10-13,17,20,23H,2-3,5-6,8-9,14H2. The first-order valence-electron chi connectivity index (χ1n) is 9.14. The molecule has 0 spiro atoms. The lowest BCUT2D eigenvalue weighted by Crippen LogP contribution is -2.42. The smallest absolute Gasteiger partial charge is 0.146 e. The van der Waals surface area contributed by atoms with Crippen molar-refractivity contribution in [2.45, 2.75) is 37.8 Å². The minimum absolute atomic E-state index is 0.304. The van der Waals surface area contributed by atoms with Crippen LogP contribution in [-0.4, -0.2) is 35.6 Å². The van der Waals surface area contributed by atoms with E-state index in [0.717, 1.165) is 30.6 Å². The average molecular weight is 358 g/mol. The van der Waals surface area contributed by atoms with Crippen molar-refractivity contribution in [3.8, 4) is 11.5 Å². The first-order chi connectivity index (χ1) is 12.3. The number of nitrogens with zero attached hydrogens (tertiary/aromatic N) is 2. The van der Waals surface area contributed by atoms with Gasteiger partial charge < -0.3 is 10.1 Å². The molecule has 1 saturated heterocycles. The Morgan fingerprint density at radius 2 is 2.04 bits per heavy atom. The molecule has 132 valence electrons. The molecule has 4 nitrogen and oxygen atoms in total. The lowest BCUT2D eigenvalue weighted by molar-refractivity contribution is 0.125. The Morgan fingerprint density at radius 3 is 2.84 bits per heavy atom. The molecular formula is C20H24ClN3O. The van der Waals surface area contributed by atoms with Gasteiger partial charge in [0, 0.05) is 29.8 Å². The Morgan fingerprint density at radius 1 is 1.12 bits per heavy atom. The number of aromatic nitrogens is 1. The highest BCUT2D eigenvalue weighted by Crippen LogP contribution is 2.30. The molecule has 1 aromatic heterocycles. The predicted octanol–water partition coefficient (Wildman–Crippen LogP) is 4.42. The molecule has 1 aliphatic heterocycles. The lowest BCUT2D eigenvalue weighted by Gasteiger charge is -2.38. The first-order valence-corrected chi connectivity index (χ1v) is 9.51. The van der Waals surface area contributed by atoms with Gasteiger partial charge in [0.2, 0.25) is 0 Å². The quantitative estimate of drug-likeness (QED) is 0.879. The fraction of sp³-hybridized carbons (Fsp3) is 0.450. The number of pyridine rings is 1. The Balaban J connectivity index is 1.49. The van der Waals surface area contributed by atoms with Crippen molar-refractivity contribution in [2.24, 2.45) is 0 Å². The summed E-state index contributed by atoms with van der Waals surface area (Å²) in [6.07, 6.45) is 8.99. The predicted molar refractivity (Wildman–Crippen MR) is 100 cm³/mol. The van der Waals surface area contributed by atoms with E-state index in [1.807, 2.05) is 30.5 Å². The largest absolute Gasteiger partial charge is 0.456 e. The minimum atomic E-state index is 0.304. The van der Waals surface area contributed by atoms with Gasteiger partial charge in [-0.2, -0.15) is 0 Å². The molecule has 0 bridgehead atoms. The maximum atomic E-state index is 6.04. The van der Waals surface area contributed by atoms with Crippen molar-refractivity contribution in [1.82, 2.24) is 15.2 Å². The van der Waals surface area contributed by atoms with E-state index in [1.165, 1.54) is 37.8 Å². The van der Waals surface area contributed by atoms with Gasteiger partial charge in [0.1, 0.15) is 11.5 Å². The molecule has 1 aromatic carbocycles. The van der Waals surface area contributed by atoms with Crippen LogP contribution in [-0.2, 0) is 0 Å². The summed E-state index contributed by atoms with van der Waals surface area (Å²) in [5.41, 5.74) is 1.19. The number of hydrogen-bond acceptors (Lipinski definition) is 4. The molecule has 2 aromatic rings. The fourth-order valence-electron chi connectivity index (χ4n) is 3.60. The summed E-state index contributed by atoms with van der Waals surface area (Å²) in [6.45, 7) is 3.29. The normalized spacial score (nSPS) is 22.2. The van der Waals surface area contributed by atoms with Gasteiger partial charge in [0.15, 0.2) is 0 Å². The molecule has 0 amide bonds. The Bertz CT molecular complexity index is 720. The van der Waals surface area contributed by atoms with Crippen LogP contribution in [0.1, 0.15) is 37.3 Å². The molecular weight excluding hydrogens is 334 g/mol. The van der Waals surface area contributed by atoms with Crippen LogP contribution < -0.4 is 10.1 Å². The fourth-order valence-corrected chi connectivity index (χ4v) is 3.78. The van der Waals surface area contributed by atoms with Gasteiger partial charge in [0.05, 0.1) is 6.20 Å². The number of ether oxygens (including phenoxy) is 1. The molecule has 4 rings (SSSR count). The van der Waals surface area contributed by atoms with Crippen LogP contribution >= 0.6 is 11.6 Å². The van der Waals surface area contributed by atoms with E-state index in [-0.39, 0.29) is 0 Å². The Labute approximate surface area is 154 Å². The molecule has 0 radical (unpaired) electrons. The number of halogens is 1. The molecule has 2 fully saturated rings. The molecule has 1 N–H and O–H groups in total. The van der Waals surface area contributed by atoms with Crippen molar-refractivity contribution in [3.05, 3.63) is 53.3 Å². The molecule has 1 atom stereocenters. The molecule has 1 unspecified atom stereocenters. The van der Waals surface area contributed by atoms with E-state index in [4.69, 9.17) is 16.3 Å². The van der Waals surface area contributed by atoms with Crippen LogP contribution in [0.4, 0.5) is 0 Å². The van der Waals surface area contributed by atoms with E-state index in [0.29, 0.717) is 11.1 Å². The summed E-state index contributed by atoms with van der Waals surface area (Å²) in [5.74, 6) is 1.48. The highest BCUT2D eigenvalue weighted by Gasteiger charge is 2.28. The molecule has 1 aliphatic carbocycles. The van der Waals surface area contributed by atoms with Crippen molar-refractivity contribution < 1.29 is 4.74 Å². The molecule has 2 aliphatic rings. The van der Waals surface area contributed by atoms with Crippen LogP contribution in [0.5, 0.6) is 11.5 Å². The van der Waals surface area contributed by atoms with Gasteiger partial charge in [-0.05, 0) is 62.2 Å². The van der Waals surface area contributed by atoms with Gasteiger partial charge >= 0.3 is 0 Å². The maximum absolute atomic E-state index is 6.04. The van der Waals surface area contributed by atoms with Crippen LogP contribution in [0.15, 0.2) is 42.7 Å². The Kier molecular flexibility index (Phi) is 5.20. The summed E-state index contributed by atoms with van der Waals surface area (Å²) in [5, 5.41) is 4.34. The van der Waals surface area contributed by atoms with E-state index in [1.54, 1.807) is 6.20 Å². The minimum Gasteiger partial charge on any atom is -0.456 e. The van der Waals surface area contributed by atoms with E-state index >= 15 is 0 Å². The van der Waals surface area contributed by atoms with Crippen LogP contribution in [0.3, 0.4) is 0 Å². The highest BCUT2D eigenvalue weighted by atomic mass is 35.5. The molecule has 25 heavy (non-hydrogen) atoms. The monoisotopic (exact) mass is 357 g/mol. The first kappa shape index (κ1) is 16.8. The van der Waals surface area contributed by atoms with Gasteiger partial charge in [-0.25, -0.2) is 0 Å². The second-order valence-electron chi connectivity index (χ2n) is 6.95. The maximum Gasteiger partial charge on any atom is 0.146 e. The zero-order valence-corrected chi connectivity index (χ0v) is 15.1. The third-order valence-electron chi connectivity index (χ3n) is 5.19. The second-order valence-corrected chi connectivity index (χ2v) is 7.39. The van der Waals surface area contributed by atoms with Gasteiger partial charge in [-0.15, -0.1) is 0 Å². The third kappa shape index (κ3) is 4.14. The van der Waals surface area contributed by atoms with Crippen LogP contribution in [0, 0.1) is 0 Å². The summed E-state index contributed by atoms with van der Waals surface area (Å²) in [6, 6.07) is 10.6. The zero-order chi connectivity index (χ0) is 17.1. The van der Waals surface area contributed by atoms with Crippen molar-refractivity contribution in [2.75, 3.05) is 19.6 Å². The highest BCUT2D eigenvalue weighted by molar-refractivity contribution is 6.30. The summed E-state index contributed by atoms with van der Waals surface area (Å²) >= 11 is 6.04. The molecule has 5 heteroatoms. The second kappa shape index (κ2) is 7.73. The van der Waals surface area contributed by atoms with E-state index in [9.17, 15) is 0 Å². The number of hydrogen-bond donors (Lipinski definition) is 1. The van der Waals surface area contributed by atoms with Crippen LogP contribution in [0.2, 0.25) is 5.02 Å². The van der Waals surface area contributed by atoms with Crippen LogP contribution in [0.25, 0.3) is 0 Å². The topological polar surface area (TPSA) is 37.4 Å². The average Bonchev–Trinajstić information content (AvgIpc) is 2.80. The molecule has 1 saturated carbocycles. The van der Waals surface area contributed by atoms with Crippen molar-refractivity contribution in [3.63, 3.8) is 0 Å². The summed E-state index contributed by atoms with van der Waals surface area (Å²) < 4.78 is 5.94. The number of nitrogens with one attached hydrogen (secondary N) is 1. The lowest BCUT2D eigenvalue weighted by atomic mass is 9.91. The SMILES string of the molecule is Clc1cccc(Oc2cncc(C3CN(C4CCC4)CCCN3)c2)c1. The van der Waals surface area contributed by atoms with Gasteiger partial charge in [0.25, 0.3) is 0 Å². The van der Waals surface area contributed by atoms with Gasteiger partial charge in [-0.1, -0.05) is 24.1 Å². The number of rotatable bonds is 4. The molecule has 2 heterocycles. The van der Waals surface area contributed by atoms with Gasteiger partial charge in [-0.3, -0.25) is 9.88 Å². The summed E-state index contributed by atoms with van der Waals surface area (Å²) in [7, 11) is 0. The van der Waals surface area contributed by atoms with Crippen molar-refractivity contribution >= 4 is 11.6 Å². The van der Waals surface area contributed by atoms with Crippen molar-refractivity contribution in [1.29, 1.82) is 0 Å². The number of benzene rings is 1. The third-order valence-corrected chi connectivity index (χ3v) is 5.42. The zero-order valence-electron chi connectivity index (χ0n) is 14.3.